The fourth-order valence-corrected chi connectivity index (χ4v) is 4.24. The van der Waals surface area contributed by atoms with E-state index in [-0.39, 0.29) is 0 Å². The van der Waals surface area contributed by atoms with Crippen molar-refractivity contribution >= 4 is 57.0 Å². The molecule has 0 aliphatic rings. The summed E-state index contributed by atoms with van der Waals surface area (Å²) in [4.78, 5) is 30.5. The zero-order valence-corrected chi connectivity index (χ0v) is 18.7. The number of anilines is 2. The van der Waals surface area contributed by atoms with Gasteiger partial charge in [-0.2, -0.15) is 0 Å². The molecule has 5 rings (SSSR count). The van der Waals surface area contributed by atoms with Gasteiger partial charge in [-0.25, -0.2) is 0 Å². The highest BCUT2D eigenvalue weighted by Gasteiger charge is 2.22. The number of rotatable bonds is 5. The first kappa shape index (κ1) is 20.9. The van der Waals surface area contributed by atoms with Crippen molar-refractivity contribution in [2.24, 2.45) is 0 Å². The lowest BCUT2D eigenvalue weighted by atomic mass is 10.1. The number of halogens is 1. The summed E-state index contributed by atoms with van der Waals surface area (Å²) in [6, 6.07) is 25.0. The highest BCUT2D eigenvalue weighted by atomic mass is 35.5. The van der Waals surface area contributed by atoms with Crippen molar-refractivity contribution in [1.82, 2.24) is 9.55 Å². The molecule has 0 unspecified atom stereocenters. The normalized spacial score (nSPS) is 11.1. The molecule has 162 valence electrons. The van der Waals surface area contributed by atoms with Crippen LogP contribution in [-0.4, -0.2) is 21.7 Å². The van der Waals surface area contributed by atoms with Crippen LogP contribution in [-0.2, 0) is 16.1 Å². The van der Waals surface area contributed by atoms with Gasteiger partial charge < -0.3 is 4.57 Å². The zero-order valence-electron chi connectivity index (χ0n) is 17.9. The van der Waals surface area contributed by atoms with Crippen LogP contribution in [0.3, 0.4) is 0 Å². The Hall–Kier alpha value is -3.96. The van der Waals surface area contributed by atoms with Crippen molar-refractivity contribution in [1.29, 1.82) is 0 Å². The predicted octanol–water partition coefficient (Wildman–Crippen LogP) is 6.06. The van der Waals surface area contributed by atoms with E-state index in [0.29, 0.717) is 29.2 Å². The lowest BCUT2D eigenvalue weighted by molar-refractivity contribution is -0.129. The smallest absolute Gasteiger partial charge is 0.295 e. The molecule has 0 aliphatic heterocycles. The molecule has 0 radical (unpaired) electrons. The van der Waals surface area contributed by atoms with Crippen molar-refractivity contribution in [2.75, 3.05) is 4.90 Å². The lowest BCUT2D eigenvalue weighted by Gasteiger charge is -2.20. The summed E-state index contributed by atoms with van der Waals surface area (Å²) >= 11 is 6.04. The largest absolute Gasteiger partial charge is 0.341 e. The number of nitrogens with zero attached hydrogens (tertiary/aromatic N) is 3. The lowest BCUT2D eigenvalue weighted by Crippen LogP contribution is -2.26. The molecule has 0 atom stereocenters. The third kappa shape index (κ3) is 3.99. The topological polar surface area (TPSA) is 55.2 Å². The Morgan fingerprint density at radius 2 is 1.82 bits per heavy atom. The second-order valence-corrected chi connectivity index (χ2v) is 8.34. The molecule has 5 aromatic rings. The minimum absolute atomic E-state index is 0.350. The van der Waals surface area contributed by atoms with Crippen LogP contribution in [0.1, 0.15) is 11.3 Å². The van der Waals surface area contributed by atoms with Crippen LogP contribution in [0.2, 0.25) is 5.02 Å². The van der Waals surface area contributed by atoms with Gasteiger partial charge in [-0.05, 0) is 55.0 Å². The van der Waals surface area contributed by atoms with Crippen LogP contribution in [0.25, 0.3) is 21.8 Å². The Morgan fingerprint density at radius 3 is 2.61 bits per heavy atom. The van der Waals surface area contributed by atoms with Crippen molar-refractivity contribution in [3.05, 3.63) is 101 Å². The van der Waals surface area contributed by atoms with Gasteiger partial charge in [0.05, 0.1) is 22.4 Å². The molecule has 1 amide bonds. The number of pyridine rings is 1. The van der Waals surface area contributed by atoms with Crippen molar-refractivity contribution in [2.45, 2.75) is 13.5 Å². The van der Waals surface area contributed by atoms with Crippen LogP contribution < -0.4 is 4.90 Å². The van der Waals surface area contributed by atoms with Gasteiger partial charge in [0.1, 0.15) is 0 Å². The molecule has 0 bridgehead atoms. The van der Waals surface area contributed by atoms with Crippen molar-refractivity contribution in [3.63, 3.8) is 0 Å². The van der Waals surface area contributed by atoms with E-state index in [4.69, 9.17) is 11.6 Å². The Morgan fingerprint density at radius 1 is 1.03 bits per heavy atom. The average molecular weight is 454 g/mol. The second-order valence-electron chi connectivity index (χ2n) is 7.91. The van der Waals surface area contributed by atoms with E-state index < -0.39 is 5.91 Å². The molecule has 3 aromatic carbocycles. The van der Waals surface area contributed by atoms with Gasteiger partial charge in [0.25, 0.3) is 5.91 Å². The maximum absolute atomic E-state index is 12.9. The molecular formula is C27H20ClN3O2. The Labute approximate surface area is 195 Å². The molecule has 0 aliphatic carbocycles. The van der Waals surface area contributed by atoms with Crippen LogP contribution >= 0.6 is 11.6 Å². The molecule has 0 fully saturated rings. The molecule has 2 aromatic heterocycles. The van der Waals surface area contributed by atoms with E-state index in [1.165, 1.54) is 4.90 Å². The first-order chi connectivity index (χ1) is 16.0. The summed E-state index contributed by atoms with van der Waals surface area (Å²) in [6.45, 7) is 2.53. The predicted molar refractivity (Wildman–Crippen MR) is 132 cm³/mol. The van der Waals surface area contributed by atoms with Gasteiger partial charge in [-0.15, -0.1) is 0 Å². The highest BCUT2D eigenvalue weighted by molar-refractivity contribution is 6.34. The van der Waals surface area contributed by atoms with Crippen LogP contribution in [0.4, 0.5) is 11.4 Å². The molecule has 2 heterocycles. The van der Waals surface area contributed by atoms with E-state index in [9.17, 15) is 9.59 Å². The third-order valence-electron chi connectivity index (χ3n) is 5.67. The fourth-order valence-electron chi connectivity index (χ4n) is 4.11. The molecule has 6 heteroatoms. The van der Waals surface area contributed by atoms with Gasteiger partial charge in [0.2, 0.25) is 6.29 Å². The molecule has 0 saturated heterocycles. The molecule has 0 saturated carbocycles. The first-order valence-electron chi connectivity index (χ1n) is 10.5. The van der Waals surface area contributed by atoms with Gasteiger partial charge in [0, 0.05) is 34.2 Å². The number of hydrogen-bond acceptors (Lipinski definition) is 3. The number of carbonyl (C=O) groups is 2. The van der Waals surface area contributed by atoms with E-state index >= 15 is 0 Å². The van der Waals surface area contributed by atoms with Crippen molar-refractivity contribution in [3.8, 4) is 0 Å². The summed E-state index contributed by atoms with van der Waals surface area (Å²) < 4.78 is 2.07. The number of aldehydes is 1. The first-order valence-corrected chi connectivity index (χ1v) is 10.9. The van der Waals surface area contributed by atoms with Gasteiger partial charge in [0.15, 0.2) is 0 Å². The van der Waals surface area contributed by atoms with Gasteiger partial charge in [-0.3, -0.25) is 19.5 Å². The number of benzene rings is 3. The number of para-hydroxylation sites is 1. The number of fused-ring (bicyclic) bond motifs is 2. The maximum Gasteiger partial charge on any atom is 0.295 e. The minimum atomic E-state index is -0.635. The van der Waals surface area contributed by atoms with Gasteiger partial charge >= 0.3 is 0 Å². The zero-order chi connectivity index (χ0) is 22.9. The molecule has 5 nitrogen and oxygen atoms in total. The van der Waals surface area contributed by atoms with Crippen molar-refractivity contribution < 1.29 is 9.59 Å². The summed E-state index contributed by atoms with van der Waals surface area (Å²) in [5.74, 6) is -0.635. The van der Waals surface area contributed by atoms with Crippen LogP contribution in [0.15, 0.2) is 85.1 Å². The molecule has 33 heavy (non-hydrogen) atoms. The summed E-state index contributed by atoms with van der Waals surface area (Å²) in [5.41, 5.74) is 5.05. The molecular weight excluding hydrogens is 434 g/mol. The second kappa shape index (κ2) is 8.52. The SMILES string of the molecule is Cc1ccc2cc(N(C(=O)C=O)c3cn(Cc4ccc(Cl)cc4)c4ccccc34)ccc2n1. The fraction of sp³-hybridized carbons (Fsp3) is 0.0741. The number of hydrogen-bond donors (Lipinski definition) is 0. The van der Waals surface area contributed by atoms with Crippen LogP contribution in [0.5, 0.6) is 0 Å². The summed E-state index contributed by atoms with van der Waals surface area (Å²) in [7, 11) is 0. The minimum Gasteiger partial charge on any atom is -0.341 e. The average Bonchev–Trinajstić information content (AvgIpc) is 3.18. The van der Waals surface area contributed by atoms with E-state index in [2.05, 4.69) is 9.55 Å². The molecule has 0 spiro atoms. The number of aromatic nitrogens is 2. The maximum atomic E-state index is 12.9. The number of amides is 1. The van der Waals surface area contributed by atoms with Gasteiger partial charge in [-0.1, -0.05) is 48.0 Å². The third-order valence-corrected chi connectivity index (χ3v) is 5.92. The van der Waals surface area contributed by atoms with E-state index in [0.717, 1.165) is 33.1 Å². The van der Waals surface area contributed by atoms with E-state index in [1.807, 2.05) is 92.0 Å². The van der Waals surface area contributed by atoms with E-state index in [1.54, 1.807) is 0 Å². The Balaban J connectivity index is 1.66. The molecule has 0 N–H and O–H groups in total. The monoisotopic (exact) mass is 453 g/mol. The number of carbonyl (C=O) groups excluding carboxylic acids is 2. The Bertz CT molecular complexity index is 1510. The highest BCUT2D eigenvalue weighted by Crippen LogP contribution is 2.35. The summed E-state index contributed by atoms with van der Waals surface area (Å²) in [6.07, 6.45) is 2.27. The standard InChI is InChI=1S/C27H20ClN3O2/c1-18-6-9-20-14-22(12-13-24(20)29-18)31(27(33)17-32)26-16-30(25-5-3-2-4-23(25)26)15-19-7-10-21(28)11-8-19/h2-14,16-17H,15H2,1H3. The quantitative estimate of drug-likeness (QED) is 0.240. The summed E-state index contributed by atoms with van der Waals surface area (Å²) in [5, 5.41) is 2.45. The Kier molecular flexibility index (Phi) is 5.40. The number of aryl methyl sites for hydroxylation is 1. The van der Waals surface area contributed by atoms with Crippen LogP contribution in [0, 0.1) is 6.92 Å².